The highest BCUT2D eigenvalue weighted by Crippen LogP contribution is 2.23. The van der Waals surface area contributed by atoms with Crippen molar-refractivity contribution < 1.29 is 9.47 Å². The van der Waals surface area contributed by atoms with Gasteiger partial charge in [-0.05, 0) is 18.4 Å². The van der Waals surface area contributed by atoms with Gasteiger partial charge in [0, 0.05) is 5.56 Å². The molecule has 0 amide bonds. The topological polar surface area (TPSA) is 18.5 Å². The van der Waals surface area contributed by atoms with E-state index in [0.29, 0.717) is 13.2 Å². The van der Waals surface area contributed by atoms with Crippen molar-refractivity contribution in [2.45, 2.75) is 38.9 Å². The van der Waals surface area contributed by atoms with E-state index < -0.39 is 0 Å². The zero-order chi connectivity index (χ0) is 11.2. The fourth-order valence-corrected chi connectivity index (χ4v) is 1.97. The highest BCUT2D eigenvalue weighted by Gasteiger charge is 2.17. The molecule has 1 aromatic rings. The molecule has 0 unspecified atom stereocenters. The molecule has 1 heterocycles. The van der Waals surface area contributed by atoms with Crippen LogP contribution in [-0.2, 0) is 15.9 Å². The van der Waals surface area contributed by atoms with E-state index in [2.05, 4.69) is 31.2 Å². The number of rotatable bonds is 5. The summed E-state index contributed by atoms with van der Waals surface area (Å²) in [5, 5.41) is 0. The molecule has 0 saturated carbocycles. The van der Waals surface area contributed by atoms with Crippen LogP contribution < -0.4 is 0 Å². The van der Waals surface area contributed by atoms with Crippen molar-refractivity contribution in [2.24, 2.45) is 0 Å². The van der Waals surface area contributed by atoms with E-state index in [-0.39, 0.29) is 6.29 Å². The highest BCUT2D eigenvalue weighted by atomic mass is 16.7. The van der Waals surface area contributed by atoms with Crippen LogP contribution in [0.4, 0.5) is 0 Å². The molecule has 1 aromatic carbocycles. The van der Waals surface area contributed by atoms with Crippen LogP contribution in [0.3, 0.4) is 0 Å². The molecule has 1 fully saturated rings. The fourth-order valence-electron chi connectivity index (χ4n) is 1.97. The SMILES string of the molecule is CCCCCc1ccc(C2OCCO2)cc1. The minimum Gasteiger partial charge on any atom is -0.346 e. The van der Waals surface area contributed by atoms with E-state index in [1.54, 1.807) is 0 Å². The Morgan fingerprint density at radius 1 is 1.06 bits per heavy atom. The van der Waals surface area contributed by atoms with E-state index in [1.165, 1.54) is 31.2 Å². The van der Waals surface area contributed by atoms with Gasteiger partial charge in [0.25, 0.3) is 0 Å². The number of ether oxygens (including phenoxy) is 2. The molecule has 2 rings (SSSR count). The smallest absolute Gasteiger partial charge is 0.184 e. The van der Waals surface area contributed by atoms with E-state index in [0.717, 1.165) is 5.56 Å². The Balaban J connectivity index is 1.88. The average molecular weight is 220 g/mol. The van der Waals surface area contributed by atoms with Gasteiger partial charge in [0.2, 0.25) is 0 Å². The van der Waals surface area contributed by atoms with E-state index in [9.17, 15) is 0 Å². The molecular weight excluding hydrogens is 200 g/mol. The summed E-state index contributed by atoms with van der Waals surface area (Å²) in [5.74, 6) is 0. The molecule has 0 aliphatic carbocycles. The second-order valence-electron chi connectivity index (χ2n) is 4.27. The van der Waals surface area contributed by atoms with Crippen molar-refractivity contribution in [1.29, 1.82) is 0 Å². The molecule has 1 saturated heterocycles. The predicted molar refractivity (Wildman–Crippen MR) is 64.3 cm³/mol. The highest BCUT2D eigenvalue weighted by molar-refractivity contribution is 5.23. The minimum atomic E-state index is -0.135. The maximum absolute atomic E-state index is 5.46. The fraction of sp³-hybridized carbons (Fsp3) is 0.571. The van der Waals surface area contributed by atoms with Gasteiger partial charge in [-0.1, -0.05) is 44.0 Å². The minimum absolute atomic E-state index is 0.135. The second-order valence-corrected chi connectivity index (χ2v) is 4.27. The summed E-state index contributed by atoms with van der Waals surface area (Å²) in [6.45, 7) is 3.66. The molecular formula is C14H20O2. The quantitative estimate of drug-likeness (QED) is 0.707. The number of benzene rings is 1. The van der Waals surface area contributed by atoms with Crippen molar-refractivity contribution in [3.05, 3.63) is 35.4 Å². The molecule has 0 spiro atoms. The van der Waals surface area contributed by atoms with E-state index >= 15 is 0 Å². The molecule has 2 heteroatoms. The first-order valence-corrected chi connectivity index (χ1v) is 6.22. The average Bonchev–Trinajstić information content (AvgIpc) is 2.84. The molecule has 0 bridgehead atoms. The van der Waals surface area contributed by atoms with Crippen LogP contribution in [0, 0.1) is 0 Å². The zero-order valence-corrected chi connectivity index (χ0v) is 9.95. The summed E-state index contributed by atoms with van der Waals surface area (Å²) in [7, 11) is 0. The van der Waals surface area contributed by atoms with Crippen molar-refractivity contribution in [3.63, 3.8) is 0 Å². The van der Waals surface area contributed by atoms with Crippen LogP contribution in [0.5, 0.6) is 0 Å². The van der Waals surface area contributed by atoms with Crippen LogP contribution in [0.2, 0.25) is 0 Å². The summed E-state index contributed by atoms with van der Waals surface area (Å²) in [6.07, 6.45) is 4.93. The molecule has 0 atom stereocenters. The largest absolute Gasteiger partial charge is 0.346 e. The monoisotopic (exact) mass is 220 g/mol. The number of hydrogen-bond donors (Lipinski definition) is 0. The van der Waals surface area contributed by atoms with Gasteiger partial charge in [-0.2, -0.15) is 0 Å². The Bertz CT molecular complexity index is 299. The third kappa shape index (κ3) is 3.06. The number of aryl methyl sites for hydroxylation is 1. The van der Waals surface area contributed by atoms with Crippen molar-refractivity contribution in [2.75, 3.05) is 13.2 Å². The van der Waals surface area contributed by atoms with E-state index in [1.807, 2.05) is 0 Å². The number of hydrogen-bond acceptors (Lipinski definition) is 2. The Morgan fingerprint density at radius 2 is 1.75 bits per heavy atom. The van der Waals surface area contributed by atoms with Crippen LogP contribution in [0.25, 0.3) is 0 Å². The second kappa shape index (κ2) is 6.02. The van der Waals surface area contributed by atoms with Crippen molar-refractivity contribution >= 4 is 0 Å². The normalized spacial score (nSPS) is 16.8. The molecule has 0 N–H and O–H groups in total. The van der Waals surface area contributed by atoms with Crippen LogP contribution in [0.1, 0.15) is 43.6 Å². The Labute approximate surface area is 97.6 Å². The molecule has 0 radical (unpaired) electrons. The third-order valence-corrected chi connectivity index (χ3v) is 2.94. The zero-order valence-electron chi connectivity index (χ0n) is 9.95. The summed E-state index contributed by atoms with van der Waals surface area (Å²) in [6, 6.07) is 8.63. The summed E-state index contributed by atoms with van der Waals surface area (Å²) in [5.41, 5.74) is 2.55. The lowest BCUT2D eigenvalue weighted by molar-refractivity contribution is -0.0441. The van der Waals surface area contributed by atoms with Crippen LogP contribution in [-0.4, -0.2) is 13.2 Å². The predicted octanol–water partition coefficient (Wildman–Crippen LogP) is 3.46. The molecule has 88 valence electrons. The van der Waals surface area contributed by atoms with Gasteiger partial charge >= 0.3 is 0 Å². The summed E-state index contributed by atoms with van der Waals surface area (Å²) < 4.78 is 10.9. The first-order valence-electron chi connectivity index (χ1n) is 6.22. The van der Waals surface area contributed by atoms with E-state index in [4.69, 9.17) is 9.47 Å². The molecule has 16 heavy (non-hydrogen) atoms. The summed E-state index contributed by atoms with van der Waals surface area (Å²) >= 11 is 0. The first kappa shape index (κ1) is 11.6. The number of unbranched alkanes of at least 4 members (excludes halogenated alkanes) is 2. The lowest BCUT2D eigenvalue weighted by atomic mass is 10.1. The van der Waals surface area contributed by atoms with Gasteiger partial charge in [0.05, 0.1) is 13.2 Å². The lowest BCUT2D eigenvalue weighted by Gasteiger charge is -2.09. The molecule has 1 aliphatic heterocycles. The Kier molecular flexibility index (Phi) is 4.37. The molecule has 0 aromatic heterocycles. The van der Waals surface area contributed by atoms with Gasteiger partial charge in [-0.3, -0.25) is 0 Å². The maximum atomic E-state index is 5.46. The van der Waals surface area contributed by atoms with Gasteiger partial charge in [-0.25, -0.2) is 0 Å². The summed E-state index contributed by atoms with van der Waals surface area (Å²) in [4.78, 5) is 0. The lowest BCUT2D eigenvalue weighted by Crippen LogP contribution is -1.98. The first-order chi connectivity index (χ1) is 7.90. The Morgan fingerprint density at radius 3 is 2.38 bits per heavy atom. The Hall–Kier alpha value is -0.860. The van der Waals surface area contributed by atoms with Gasteiger partial charge < -0.3 is 9.47 Å². The maximum Gasteiger partial charge on any atom is 0.184 e. The van der Waals surface area contributed by atoms with Gasteiger partial charge in [0.15, 0.2) is 6.29 Å². The van der Waals surface area contributed by atoms with Gasteiger partial charge in [0.1, 0.15) is 0 Å². The van der Waals surface area contributed by atoms with Crippen molar-refractivity contribution in [3.8, 4) is 0 Å². The van der Waals surface area contributed by atoms with Gasteiger partial charge in [-0.15, -0.1) is 0 Å². The van der Waals surface area contributed by atoms with Crippen LogP contribution >= 0.6 is 0 Å². The molecule has 1 aliphatic rings. The van der Waals surface area contributed by atoms with Crippen LogP contribution in [0.15, 0.2) is 24.3 Å². The third-order valence-electron chi connectivity index (χ3n) is 2.94. The molecule has 2 nitrogen and oxygen atoms in total. The van der Waals surface area contributed by atoms with Crippen molar-refractivity contribution in [1.82, 2.24) is 0 Å². The standard InChI is InChI=1S/C14H20O2/c1-2-3-4-5-12-6-8-13(9-7-12)14-15-10-11-16-14/h6-9,14H,2-5,10-11H2,1H3.